The van der Waals surface area contributed by atoms with Gasteiger partial charge in [0, 0.05) is 6.04 Å². The first-order valence-corrected chi connectivity index (χ1v) is 5.43. The van der Waals surface area contributed by atoms with Gasteiger partial charge in [0.1, 0.15) is 0 Å². The molecule has 1 amide bonds. The highest BCUT2D eigenvalue weighted by molar-refractivity contribution is 5.46. The van der Waals surface area contributed by atoms with Crippen LogP contribution in [-0.2, 0) is 4.79 Å². The molecule has 0 aromatic heterocycles. The molecule has 1 fully saturated rings. The summed E-state index contributed by atoms with van der Waals surface area (Å²) in [7, 11) is 0. The topological polar surface area (TPSA) is 29.1 Å². The molecule has 2 heteroatoms. The fraction of sp³-hybridized carbons (Fsp3) is 0.909. The summed E-state index contributed by atoms with van der Waals surface area (Å²) in [6.45, 7) is 4.51. The molecule has 0 aliphatic heterocycles. The zero-order chi connectivity index (χ0) is 9.68. The van der Waals surface area contributed by atoms with Gasteiger partial charge in [0.25, 0.3) is 0 Å². The van der Waals surface area contributed by atoms with Gasteiger partial charge in [0.05, 0.1) is 0 Å². The first-order valence-electron chi connectivity index (χ1n) is 5.43. The molecule has 2 atom stereocenters. The highest BCUT2D eigenvalue weighted by Crippen LogP contribution is 2.29. The highest BCUT2D eigenvalue weighted by atomic mass is 16.1. The lowest BCUT2D eigenvalue weighted by Gasteiger charge is -2.32. The van der Waals surface area contributed by atoms with E-state index in [0.29, 0.717) is 6.04 Å². The zero-order valence-corrected chi connectivity index (χ0v) is 8.75. The third kappa shape index (κ3) is 3.37. The first kappa shape index (κ1) is 10.6. The van der Waals surface area contributed by atoms with E-state index in [-0.39, 0.29) is 0 Å². The van der Waals surface area contributed by atoms with E-state index in [2.05, 4.69) is 19.2 Å². The molecule has 1 rings (SSSR count). The van der Waals surface area contributed by atoms with Gasteiger partial charge in [-0.2, -0.15) is 0 Å². The summed E-state index contributed by atoms with van der Waals surface area (Å²) in [6, 6.07) is 0.452. The van der Waals surface area contributed by atoms with Crippen LogP contribution in [0.4, 0.5) is 0 Å². The van der Waals surface area contributed by atoms with Crippen molar-refractivity contribution >= 4 is 6.41 Å². The van der Waals surface area contributed by atoms with Crippen LogP contribution in [0.15, 0.2) is 0 Å². The Kier molecular flexibility index (Phi) is 4.26. The standard InChI is InChI=1S/C11H21NO/c1-9(2)7-10-5-3-4-6-11(10)12-8-13/h8-11H,3-7H2,1-2H3,(H,12,13). The molecule has 13 heavy (non-hydrogen) atoms. The van der Waals surface area contributed by atoms with Crippen LogP contribution < -0.4 is 5.32 Å². The van der Waals surface area contributed by atoms with E-state index < -0.39 is 0 Å². The van der Waals surface area contributed by atoms with Crippen molar-refractivity contribution in [3.05, 3.63) is 0 Å². The Morgan fingerprint density at radius 2 is 2.08 bits per heavy atom. The Morgan fingerprint density at radius 3 is 2.69 bits per heavy atom. The van der Waals surface area contributed by atoms with E-state index in [0.717, 1.165) is 18.2 Å². The molecule has 1 aliphatic carbocycles. The van der Waals surface area contributed by atoms with Gasteiger partial charge in [0.2, 0.25) is 6.41 Å². The molecule has 76 valence electrons. The van der Waals surface area contributed by atoms with Crippen molar-refractivity contribution < 1.29 is 4.79 Å². The lowest BCUT2D eigenvalue weighted by atomic mass is 9.80. The van der Waals surface area contributed by atoms with Crippen LogP contribution in [0.25, 0.3) is 0 Å². The smallest absolute Gasteiger partial charge is 0.207 e. The van der Waals surface area contributed by atoms with E-state index in [1.807, 2.05) is 0 Å². The van der Waals surface area contributed by atoms with Crippen LogP contribution >= 0.6 is 0 Å². The Labute approximate surface area is 81.1 Å². The first-order chi connectivity index (χ1) is 6.24. The molecular formula is C11H21NO. The number of hydrogen-bond acceptors (Lipinski definition) is 1. The summed E-state index contributed by atoms with van der Waals surface area (Å²) in [5.41, 5.74) is 0. The minimum absolute atomic E-state index is 0.452. The zero-order valence-electron chi connectivity index (χ0n) is 8.75. The van der Waals surface area contributed by atoms with Gasteiger partial charge in [-0.1, -0.05) is 26.7 Å². The van der Waals surface area contributed by atoms with E-state index in [1.54, 1.807) is 0 Å². The van der Waals surface area contributed by atoms with Gasteiger partial charge in [-0.3, -0.25) is 4.79 Å². The number of nitrogens with one attached hydrogen (secondary N) is 1. The lowest BCUT2D eigenvalue weighted by molar-refractivity contribution is -0.110. The maximum Gasteiger partial charge on any atom is 0.207 e. The molecule has 1 aliphatic rings. The summed E-state index contributed by atoms with van der Waals surface area (Å²) >= 11 is 0. The van der Waals surface area contributed by atoms with Crippen LogP contribution in [-0.4, -0.2) is 12.5 Å². The highest BCUT2D eigenvalue weighted by Gasteiger charge is 2.24. The van der Waals surface area contributed by atoms with Gasteiger partial charge >= 0.3 is 0 Å². The predicted octanol–water partition coefficient (Wildman–Crippen LogP) is 2.34. The van der Waals surface area contributed by atoms with E-state index in [9.17, 15) is 4.79 Å². The molecule has 0 aromatic carbocycles. The van der Waals surface area contributed by atoms with Gasteiger partial charge in [0.15, 0.2) is 0 Å². The number of hydrogen-bond donors (Lipinski definition) is 1. The summed E-state index contributed by atoms with van der Waals surface area (Å²) in [5, 5.41) is 2.96. The SMILES string of the molecule is CC(C)CC1CCCCC1NC=O. The van der Waals surface area contributed by atoms with E-state index >= 15 is 0 Å². The van der Waals surface area contributed by atoms with Crippen LogP contribution in [0.3, 0.4) is 0 Å². The van der Waals surface area contributed by atoms with Crippen LogP contribution in [0.2, 0.25) is 0 Å². The van der Waals surface area contributed by atoms with Crippen LogP contribution in [0.1, 0.15) is 46.0 Å². The van der Waals surface area contributed by atoms with Crippen molar-refractivity contribution in [2.24, 2.45) is 11.8 Å². The molecule has 2 unspecified atom stereocenters. The second-order valence-electron chi connectivity index (χ2n) is 4.57. The van der Waals surface area contributed by atoms with Crippen molar-refractivity contribution in [3.63, 3.8) is 0 Å². The number of carbonyl (C=O) groups excluding carboxylic acids is 1. The quantitative estimate of drug-likeness (QED) is 0.666. The molecule has 2 nitrogen and oxygen atoms in total. The summed E-state index contributed by atoms with van der Waals surface area (Å²) in [5.74, 6) is 1.47. The minimum Gasteiger partial charge on any atom is -0.356 e. The largest absolute Gasteiger partial charge is 0.356 e. The fourth-order valence-electron chi connectivity index (χ4n) is 2.40. The average molecular weight is 183 g/mol. The third-order valence-electron chi connectivity index (χ3n) is 2.97. The van der Waals surface area contributed by atoms with Crippen LogP contribution in [0, 0.1) is 11.8 Å². The van der Waals surface area contributed by atoms with Gasteiger partial charge in [-0.05, 0) is 31.1 Å². The number of carbonyl (C=O) groups is 1. The Balaban J connectivity index is 2.41. The molecule has 0 radical (unpaired) electrons. The Hall–Kier alpha value is -0.530. The fourth-order valence-corrected chi connectivity index (χ4v) is 2.40. The second kappa shape index (κ2) is 5.25. The molecule has 1 saturated carbocycles. The Morgan fingerprint density at radius 1 is 1.38 bits per heavy atom. The molecule has 0 heterocycles. The van der Waals surface area contributed by atoms with E-state index in [1.165, 1.54) is 32.1 Å². The van der Waals surface area contributed by atoms with Gasteiger partial charge < -0.3 is 5.32 Å². The third-order valence-corrected chi connectivity index (χ3v) is 2.97. The molecule has 0 spiro atoms. The van der Waals surface area contributed by atoms with Crippen LogP contribution in [0.5, 0.6) is 0 Å². The molecule has 0 bridgehead atoms. The minimum atomic E-state index is 0.452. The summed E-state index contributed by atoms with van der Waals surface area (Å²) < 4.78 is 0. The average Bonchev–Trinajstić information content (AvgIpc) is 2.08. The van der Waals surface area contributed by atoms with Gasteiger partial charge in [-0.25, -0.2) is 0 Å². The number of rotatable bonds is 4. The van der Waals surface area contributed by atoms with Gasteiger partial charge in [-0.15, -0.1) is 0 Å². The Bertz CT molecular complexity index is 156. The molecule has 0 aromatic rings. The lowest BCUT2D eigenvalue weighted by Crippen LogP contribution is -2.38. The monoisotopic (exact) mass is 183 g/mol. The van der Waals surface area contributed by atoms with Crippen molar-refractivity contribution in [3.8, 4) is 0 Å². The maximum atomic E-state index is 10.4. The summed E-state index contributed by atoms with van der Waals surface area (Å²) in [6.07, 6.45) is 7.21. The molecule has 0 saturated heterocycles. The molecular weight excluding hydrogens is 162 g/mol. The van der Waals surface area contributed by atoms with Crippen molar-refractivity contribution in [2.45, 2.75) is 52.0 Å². The normalized spacial score (nSPS) is 28.8. The predicted molar refractivity (Wildman–Crippen MR) is 54.4 cm³/mol. The molecule has 1 N–H and O–H groups in total. The maximum absolute atomic E-state index is 10.4. The summed E-state index contributed by atoms with van der Waals surface area (Å²) in [4.78, 5) is 10.4. The van der Waals surface area contributed by atoms with Crippen molar-refractivity contribution in [2.75, 3.05) is 0 Å². The second-order valence-corrected chi connectivity index (χ2v) is 4.57. The number of amides is 1. The van der Waals surface area contributed by atoms with Crippen molar-refractivity contribution in [1.29, 1.82) is 0 Å². The van der Waals surface area contributed by atoms with E-state index in [4.69, 9.17) is 0 Å². The van der Waals surface area contributed by atoms with Crippen molar-refractivity contribution in [1.82, 2.24) is 5.32 Å².